The molecule has 0 saturated carbocycles. The van der Waals surface area contributed by atoms with Gasteiger partial charge in [0, 0.05) is 0 Å². The van der Waals surface area contributed by atoms with Crippen LogP contribution in [0.3, 0.4) is 0 Å². The van der Waals surface area contributed by atoms with Gasteiger partial charge in [0.25, 0.3) is 6.43 Å². The second-order valence-electron chi connectivity index (χ2n) is 1.69. The lowest BCUT2D eigenvalue weighted by Crippen LogP contribution is -2.20. The third-order valence-electron chi connectivity index (χ3n) is 0.964. The molecular formula is C5H4F3N2. The van der Waals surface area contributed by atoms with Crippen LogP contribution in [0.1, 0.15) is 0 Å². The predicted octanol–water partition coefficient (Wildman–Crippen LogP) is 0.807. The Morgan fingerprint density at radius 3 is 2.60 bits per heavy atom. The highest BCUT2D eigenvalue weighted by atomic mass is 19.3. The molecular weight excluding hydrogens is 145 g/mol. The molecule has 0 N–H and O–H groups in total. The van der Waals surface area contributed by atoms with Crippen LogP contribution in [0.15, 0.2) is 4.99 Å². The van der Waals surface area contributed by atoms with Crippen LogP contribution in [-0.4, -0.2) is 30.5 Å². The van der Waals surface area contributed by atoms with Crippen molar-refractivity contribution in [2.75, 3.05) is 6.80 Å². The van der Waals surface area contributed by atoms with Crippen molar-refractivity contribution in [2.45, 2.75) is 12.5 Å². The van der Waals surface area contributed by atoms with Gasteiger partial charge in [-0.3, -0.25) is 4.99 Å². The molecule has 0 aromatic heterocycles. The minimum Gasteiger partial charge on any atom is -0.313 e. The van der Waals surface area contributed by atoms with Crippen molar-refractivity contribution in [1.29, 1.82) is 0 Å². The number of hydrogen-bond acceptors (Lipinski definition) is 2. The molecule has 1 heterocycles. The van der Waals surface area contributed by atoms with Crippen molar-refractivity contribution in [3.63, 3.8) is 0 Å². The van der Waals surface area contributed by atoms with Crippen LogP contribution in [0.4, 0.5) is 13.2 Å². The monoisotopic (exact) mass is 149 g/mol. The van der Waals surface area contributed by atoms with Crippen LogP contribution in [0.25, 0.3) is 0 Å². The molecule has 0 amide bonds. The van der Waals surface area contributed by atoms with Crippen LogP contribution in [0, 0.1) is 6.54 Å². The number of aliphatic imine (C=N–C) groups is 1. The van der Waals surface area contributed by atoms with Crippen molar-refractivity contribution < 1.29 is 13.2 Å². The molecule has 5 heteroatoms. The van der Waals surface area contributed by atoms with Crippen molar-refractivity contribution in [2.24, 2.45) is 4.99 Å². The van der Waals surface area contributed by atoms with Gasteiger partial charge in [-0.05, 0) is 0 Å². The number of halogens is 3. The minimum absolute atomic E-state index is 0.733. The summed E-state index contributed by atoms with van der Waals surface area (Å²) < 4.78 is 35.0. The fourth-order valence-electron chi connectivity index (χ4n) is 0.523. The van der Waals surface area contributed by atoms with Gasteiger partial charge in [0.15, 0.2) is 13.1 Å². The van der Waals surface area contributed by atoms with Gasteiger partial charge in [0.05, 0.1) is 0 Å². The van der Waals surface area contributed by atoms with Crippen LogP contribution in [-0.2, 0) is 0 Å². The molecule has 10 heavy (non-hydrogen) atoms. The Kier molecular flexibility index (Phi) is 2.13. The standard InChI is InChI=1S/C5H4F3N2/c6-2-10-1-4(5(7)8)9-3-10/h4-5H,2H2. The second kappa shape index (κ2) is 2.90. The molecule has 0 aromatic carbocycles. The maximum absolute atomic E-state index is 11.7. The smallest absolute Gasteiger partial charge is 0.263 e. The van der Waals surface area contributed by atoms with E-state index < -0.39 is 19.3 Å². The number of nitrogens with zero attached hydrogens (tertiary/aromatic N) is 2. The van der Waals surface area contributed by atoms with Crippen molar-refractivity contribution in [3.8, 4) is 0 Å². The van der Waals surface area contributed by atoms with Crippen LogP contribution >= 0.6 is 0 Å². The maximum Gasteiger partial charge on any atom is 0.263 e. The third-order valence-corrected chi connectivity index (χ3v) is 0.964. The Bertz CT molecular complexity index is 137. The summed E-state index contributed by atoms with van der Waals surface area (Å²) >= 11 is 0. The highest BCUT2D eigenvalue weighted by molar-refractivity contribution is 5.59. The van der Waals surface area contributed by atoms with E-state index in [4.69, 9.17) is 0 Å². The molecule has 0 fully saturated rings. The molecule has 1 aliphatic heterocycles. The van der Waals surface area contributed by atoms with E-state index in [2.05, 4.69) is 11.5 Å². The zero-order valence-corrected chi connectivity index (χ0v) is 4.89. The van der Waals surface area contributed by atoms with Gasteiger partial charge >= 0.3 is 0 Å². The Labute approximate surface area is 56.3 Å². The quantitative estimate of drug-likeness (QED) is 0.530. The lowest BCUT2D eigenvalue weighted by Gasteiger charge is -2.07. The predicted molar refractivity (Wildman–Crippen MR) is 28.3 cm³/mol. The first kappa shape index (κ1) is 7.37. The lowest BCUT2D eigenvalue weighted by atomic mass is 10.3. The Hall–Kier alpha value is -0.740. The number of alkyl halides is 3. The van der Waals surface area contributed by atoms with E-state index in [1.165, 1.54) is 0 Å². The summed E-state index contributed by atoms with van der Waals surface area (Å²) in [5.41, 5.74) is 0. The average molecular weight is 149 g/mol. The fourth-order valence-corrected chi connectivity index (χ4v) is 0.523. The highest BCUT2D eigenvalue weighted by Gasteiger charge is 2.27. The van der Waals surface area contributed by atoms with Crippen LogP contribution in [0.5, 0.6) is 0 Å². The van der Waals surface area contributed by atoms with Gasteiger partial charge < -0.3 is 4.90 Å². The molecule has 1 rings (SSSR count). The number of rotatable bonds is 2. The molecule has 0 bridgehead atoms. The lowest BCUT2D eigenvalue weighted by molar-refractivity contribution is 0.123. The molecule has 55 valence electrons. The van der Waals surface area contributed by atoms with Gasteiger partial charge in [0.2, 0.25) is 0 Å². The molecule has 0 aliphatic carbocycles. The van der Waals surface area contributed by atoms with Gasteiger partial charge in [-0.25, -0.2) is 13.2 Å². The molecule has 1 unspecified atom stereocenters. The zero-order valence-electron chi connectivity index (χ0n) is 4.89. The molecule has 3 radical (unpaired) electrons. The van der Waals surface area contributed by atoms with Gasteiger partial charge in [-0.15, -0.1) is 0 Å². The maximum atomic E-state index is 11.7. The molecule has 1 atom stereocenters. The van der Waals surface area contributed by atoms with Gasteiger partial charge in [-0.1, -0.05) is 0 Å². The summed E-state index contributed by atoms with van der Waals surface area (Å²) in [6.45, 7) is 1.16. The van der Waals surface area contributed by atoms with Gasteiger partial charge in [0.1, 0.15) is 12.6 Å². The summed E-state index contributed by atoms with van der Waals surface area (Å²) in [7, 11) is 0. The zero-order chi connectivity index (χ0) is 7.56. The molecule has 1 aliphatic rings. The summed E-state index contributed by atoms with van der Waals surface area (Å²) in [5.74, 6) is 0. The Balaban J connectivity index is 2.37. The van der Waals surface area contributed by atoms with Crippen LogP contribution in [0.2, 0.25) is 0 Å². The topological polar surface area (TPSA) is 15.6 Å². The van der Waals surface area contributed by atoms with Crippen molar-refractivity contribution in [3.05, 3.63) is 6.54 Å². The normalized spacial score (nSPS) is 24.8. The summed E-state index contributed by atoms with van der Waals surface area (Å²) in [4.78, 5) is 3.90. The summed E-state index contributed by atoms with van der Waals surface area (Å²) in [5, 5.41) is 0. The highest BCUT2D eigenvalue weighted by Crippen LogP contribution is 2.15. The average Bonchev–Trinajstić information content (AvgIpc) is 2.34. The van der Waals surface area contributed by atoms with Gasteiger partial charge in [-0.2, -0.15) is 0 Å². The Morgan fingerprint density at radius 2 is 2.30 bits per heavy atom. The third kappa shape index (κ3) is 1.40. The van der Waals surface area contributed by atoms with E-state index in [9.17, 15) is 13.2 Å². The Morgan fingerprint density at radius 1 is 1.60 bits per heavy atom. The molecule has 2 nitrogen and oxygen atoms in total. The first-order chi connectivity index (χ1) is 4.74. The van der Waals surface area contributed by atoms with Crippen LogP contribution < -0.4 is 0 Å². The minimum atomic E-state index is -2.62. The van der Waals surface area contributed by atoms with E-state index in [1.54, 1.807) is 0 Å². The fraction of sp³-hybridized carbons (Fsp3) is 0.600. The van der Waals surface area contributed by atoms with E-state index >= 15 is 0 Å². The summed E-state index contributed by atoms with van der Waals surface area (Å²) in [6.07, 6.45) is -0.591. The SMILES string of the molecule is FCN1[C]C(C(F)F)N=[C]1. The van der Waals surface area contributed by atoms with E-state index in [-0.39, 0.29) is 0 Å². The van der Waals surface area contributed by atoms with E-state index in [1.807, 2.05) is 6.34 Å². The van der Waals surface area contributed by atoms with E-state index in [0.717, 1.165) is 4.90 Å². The van der Waals surface area contributed by atoms with Crippen molar-refractivity contribution >= 4 is 6.34 Å². The molecule has 0 spiro atoms. The molecule has 0 saturated heterocycles. The number of hydrogen-bond donors (Lipinski definition) is 0. The summed E-state index contributed by atoms with van der Waals surface area (Å²) in [6, 6.07) is -1.34. The largest absolute Gasteiger partial charge is 0.313 e. The second-order valence-corrected chi connectivity index (χ2v) is 1.69. The molecule has 0 aromatic rings. The van der Waals surface area contributed by atoms with Crippen molar-refractivity contribution in [1.82, 2.24) is 4.90 Å². The van der Waals surface area contributed by atoms with E-state index in [0.29, 0.717) is 0 Å². The first-order valence-electron chi connectivity index (χ1n) is 2.57. The first-order valence-corrected chi connectivity index (χ1v) is 2.57.